The maximum atomic E-state index is 12.5. The number of aromatic nitrogens is 3. The van der Waals surface area contributed by atoms with Gasteiger partial charge in [-0.05, 0) is 25.2 Å². The molecule has 0 unspecified atom stereocenters. The van der Waals surface area contributed by atoms with E-state index in [0.29, 0.717) is 25.5 Å². The summed E-state index contributed by atoms with van der Waals surface area (Å²) in [7, 11) is 1.66. The molecule has 1 saturated heterocycles. The zero-order chi connectivity index (χ0) is 18.0. The van der Waals surface area contributed by atoms with Gasteiger partial charge in [-0.3, -0.25) is 4.79 Å². The second-order valence-electron chi connectivity index (χ2n) is 8.12. The highest BCUT2D eigenvalue weighted by Crippen LogP contribution is 2.34. The SMILES string of the molecule is COCc1nnn2c1COC1(CCN(C(=O)CCC3CCCC3)CC1)C2. The molecule has 1 spiro atoms. The van der Waals surface area contributed by atoms with Crippen molar-refractivity contribution in [3.8, 4) is 0 Å². The van der Waals surface area contributed by atoms with Crippen molar-refractivity contribution in [1.29, 1.82) is 0 Å². The third-order valence-corrected chi connectivity index (χ3v) is 6.42. The summed E-state index contributed by atoms with van der Waals surface area (Å²) >= 11 is 0. The Balaban J connectivity index is 1.29. The van der Waals surface area contributed by atoms with E-state index in [1.165, 1.54) is 25.7 Å². The summed E-state index contributed by atoms with van der Waals surface area (Å²) in [6, 6.07) is 0. The van der Waals surface area contributed by atoms with Crippen molar-refractivity contribution in [3.05, 3.63) is 11.4 Å². The third kappa shape index (κ3) is 3.64. The van der Waals surface area contributed by atoms with Crippen molar-refractivity contribution < 1.29 is 14.3 Å². The molecule has 1 aromatic rings. The van der Waals surface area contributed by atoms with E-state index < -0.39 is 0 Å². The van der Waals surface area contributed by atoms with Gasteiger partial charge < -0.3 is 14.4 Å². The van der Waals surface area contributed by atoms with Gasteiger partial charge >= 0.3 is 0 Å². The lowest BCUT2D eigenvalue weighted by Crippen LogP contribution is -2.52. The summed E-state index contributed by atoms with van der Waals surface area (Å²) in [6.07, 6.45) is 8.86. The smallest absolute Gasteiger partial charge is 0.222 e. The normalized spacial score (nSPS) is 22.7. The van der Waals surface area contributed by atoms with Crippen LogP contribution in [0.2, 0.25) is 0 Å². The minimum atomic E-state index is -0.201. The molecule has 3 heterocycles. The number of ether oxygens (including phenoxy) is 2. The molecule has 1 aromatic heterocycles. The quantitative estimate of drug-likeness (QED) is 0.804. The van der Waals surface area contributed by atoms with Crippen LogP contribution in [0.15, 0.2) is 0 Å². The molecule has 0 radical (unpaired) electrons. The molecule has 144 valence electrons. The van der Waals surface area contributed by atoms with Gasteiger partial charge in [0.05, 0.1) is 31.1 Å². The van der Waals surface area contributed by atoms with E-state index in [9.17, 15) is 4.79 Å². The summed E-state index contributed by atoms with van der Waals surface area (Å²) < 4.78 is 13.4. The molecule has 1 saturated carbocycles. The molecule has 0 aromatic carbocycles. The van der Waals surface area contributed by atoms with E-state index in [0.717, 1.165) is 56.2 Å². The second kappa shape index (κ2) is 7.64. The van der Waals surface area contributed by atoms with Crippen molar-refractivity contribution in [2.45, 2.75) is 76.7 Å². The first-order chi connectivity index (χ1) is 12.7. The molecule has 2 fully saturated rings. The topological polar surface area (TPSA) is 69.5 Å². The van der Waals surface area contributed by atoms with Gasteiger partial charge in [0.1, 0.15) is 5.69 Å². The van der Waals surface area contributed by atoms with Crippen LogP contribution in [0.1, 0.15) is 62.8 Å². The number of rotatable bonds is 5. The molecule has 1 amide bonds. The lowest BCUT2D eigenvalue weighted by molar-refractivity contribution is -0.146. The molecule has 7 heteroatoms. The van der Waals surface area contributed by atoms with E-state index in [1.54, 1.807) is 7.11 Å². The van der Waals surface area contributed by atoms with Gasteiger partial charge in [-0.2, -0.15) is 0 Å². The molecule has 2 aliphatic heterocycles. The molecular formula is C19H30N4O3. The van der Waals surface area contributed by atoms with E-state index in [-0.39, 0.29) is 5.60 Å². The van der Waals surface area contributed by atoms with Crippen LogP contribution in [-0.2, 0) is 34.0 Å². The Hall–Kier alpha value is -1.47. The van der Waals surface area contributed by atoms with Crippen molar-refractivity contribution in [2.75, 3.05) is 20.2 Å². The average molecular weight is 362 g/mol. The van der Waals surface area contributed by atoms with Crippen LogP contribution in [0.25, 0.3) is 0 Å². The number of likely N-dealkylation sites (tertiary alicyclic amines) is 1. The highest BCUT2D eigenvalue weighted by Gasteiger charge is 2.41. The van der Waals surface area contributed by atoms with Gasteiger partial charge in [-0.1, -0.05) is 30.9 Å². The predicted octanol–water partition coefficient (Wildman–Crippen LogP) is 2.29. The van der Waals surface area contributed by atoms with Crippen molar-refractivity contribution >= 4 is 5.91 Å². The van der Waals surface area contributed by atoms with Crippen LogP contribution in [-0.4, -0.2) is 51.6 Å². The Kier molecular flexibility index (Phi) is 5.27. The summed E-state index contributed by atoms with van der Waals surface area (Å²) in [5, 5.41) is 8.49. The maximum Gasteiger partial charge on any atom is 0.222 e. The van der Waals surface area contributed by atoms with Crippen LogP contribution < -0.4 is 0 Å². The maximum absolute atomic E-state index is 12.5. The fraction of sp³-hybridized carbons (Fsp3) is 0.842. The Morgan fingerprint density at radius 1 is 1.31 bits per heavy atom. The number of hydrogen-bond donors (Lipinski definition) is 0. The predicted molar refractivity (Wildman–Crippen MR) is 95.3 cm³/mol. The average Bonchev–Trinajstić information content (AvgIpc) is 3.31. The Morgan fingerprint density at radius 3 is 2.81 bits per heavy atom. The highest BCUT2D eigenvalue weighted by molar-refractivity contribution is 5.76. The minimum absolute atomic E-state index is 0.201. The Bertz CT molecular complexity index is 631. The standard InChI is InChI=1S/C19H30N4O3/c1-25-12-16-17-13-26-19(14-23(17)21-20-16)8-10-22(11-9-19)18(24)7-6-15-4-2-3-5-15/h15H,2-14H2,1H3. The van der Waals surface area contributed by atoms with Crippen LogP contribution in [0.5, 0.6) is 0 Å². The number of piperidine rings is 1. The van der Waals surface area contributed by atoms with Crippen LogP contribution in [0, 0.1) is 5.92 Å². The molecule has 4 rings (SSSR count). The molecular weight excluding hydrogens is 332 g/mol. The first-order valence-electron chi connectivity index (χ1n) is 10.0. The van der Waals surface area contributed by atoms with Gasteiger partial charge in [0.2, 0.25) is 5.91 Å². The lowest BCUT2D eigenvalue weighted by atomic mass is 9.89. The third-order valence-electron chi connectivity index (χ3n) is 6.42. The van der Waals surface area contributed by atoms with E-state index in [4.69, 9.17) is 9.47 Å². The molecule has 1 aliphatic carbocycles. The lowest BCUT2D eigenvalue weighted by Gasteiger charge is -2.43. The molecule has 7 nitrogen and oxygen atoms in total. The fourth-order valence-electron chi connectivity index (χ4n) is 4.69. The number of hydrogen-bond acceptors (Lipinski definition) is 5. The molecule has 26 heavy (non-hydrogen) atoms. The number of carbonyl (C=O) groups excluding carboxylic acids is 1. The van der Waals surface area contributed by atoms with Crippen molar-refractivity contribution in [1.82, 2.24) is 19.9 Å². The van der Waals surface area contributed by atoms with E-state index in [2.05, 4.69) is 10.3 Å². The van der Waals surface area contributed by atoms with Gasteiger partial charge in [0, 0.05) is 26.6 Å². The van der Waals surface area contributed by atoms with Gasteiger partial charge in [0.15, 0.2) is 0 Å². The van der Waals surface area contributed by atoms with Gasteiger partial charge in [0.25, 0.3) is 0 Å². The summed E-state index contributed by atoms with van der Waals surface area (Å²) in [6.45, 7) is 3.30. The monoisotopic (exact) mass is 362 g/mol. The summed E-state index contributed by atoms with van der Waals surface area (Å²) in [5.74, 6) is 1.11. The molecule has 0 bridgehead atoms. The van der Waals surface area contributed by atoms with E-state index in [1.807, 2.05) is 9.58 Å². The first-order valence-corrected chi connectivity index (χ1v) is 10.0. The zero-order valence-corrected chi connectivity index (χ0v) is 15.8. The fourth-order valence-corrected chi connectivity index (χ4v) is 4.69. The number of amides is 1. The molecule has 0 atom stereocenters. The summed E-state index contributed by atoms with van der Waals surface area (Å²) in [5.41, 5.74) is 1.68. The second-order valence-corrected chi connectivity index (χ2v) is 8.12. The van der Waals surface area contributed by atoms with Crippen molar-refractivity contribution in [2.24, 2.45) is 5.92 Å². The number of methoxy groups -OCH3 is 1. The largest absolute Gasteiger partial charge is 0.378 e. The number of nitrogens with zero attached hydrogens (tertiary/aromatic N) is 4. The van der Waals surface area contributed by atoms with Gasteiger partial charge in [-0.15, -0.1) is 5.10 Å². The van der Waals surface area contributed by atoms with Gasteiger partial charge in [-0.25, -0.2) is 4.68 Å². The van der Waals surface area contributed by atoms with Crippen LogP contribution >= 0.6 is 0 Å². The van der Waals surface area contributed by atoms with Crippen LogP contribution in [0.3, 0.4) is 0 Å². The summed E-state index contributed by atoms with van der Waals surface area (Å²) in [4.78, 5) is 14.6. The van der Waals surface area contributed by atoms with Crippen LogP contribution in [0.4, 0.5) is 0 Å². The van der Waals surface area contributed by atoms with E-state index >= 15 is 0 Å². The zero-order valence-electron chi connectivity index (χ0n) is 15.8. The Labute approximate surface area is 155 Å². The highest BCUT2D eigenvalue weighted by atomic mass is 16.5. The molecule has 3 aliphatic rings. The Morgan fingerprint density at radius 2 is 2.08 bits per heavy atom. The number of carbonyl (C=O) groups is 1. The van der Waals surface area contributed by atoms with Crippen molar-refractivity contribution in [3.63, 3.8) is 0 Å². The molecule has 0 N–H and O–H groups in total. The first kappa shape index (κ1) is 17.9. The number of fused-ring (bicyclic) bond motifs is 1. The minimum Gasteiger partial charge on any atom is -0.378 e.